The zero-order valence-corrected chi connectivity index (χ0v) is 12.7. The van der Waals surface area contributed by atoms with Crippen molar-refractivity contribution in [3.05, 3.63) is 0 Å². The largest absolute Gasteiger partial charge is 0.480 e. The smallest absolute Gasteiger partial charge is 0.323 e. The van der Waals surface area contributed by atoms with Crippen LogP contribution in [0.5, 0.6) is 0 Å². The first-order valence-corrected chi connectivity index (χ1v) is 8.39. The number of likely N-dealkylation sites (N-methyl/N-ethyl adjacent to an activating group) is 1. The fraction of sp³-hybridized carbons (Fsp3) is 0.917. The van der Waals surface area contributed by atoms with Crippen LogP contribution in [0.4, 0.5) is 0 Å². The lowest BCUT2D eigenvalue weighted by Crippen LogP contribution is -2.49. The van der Waals surface area contributed by atoms with Gasteiger partial charge in [0, 0.05) is 12.6 Å². The second-order valence-electron chi connectivity index (χ2n) is 5.49. The molecule has 0 spiro atoms. The molecule has 7 heteroatoms. The fourth-order valence-electron chi connectivity index (χ4n) is 2.34. The lowest BCUT2D eigenvalue weighted by molar-refractivity contribution is -0.144. The second-order valence-corrected chi connectivity index (χ2v) is 7.72. The quantitative estimate of drug-likeness (QED) is 0.714. The third-order valence-corrected chi connectivity index (χ3v) is 5.75. The van der Waals surface area contributed by atoms with Gasteiger partial charge in [-0.05, 0) is 40.3 Å². The van der Waals surface area contributed by atoms with Crippen molar-refractivity contribution in [2.24, 2.45) is 0 Å². The molecule has 1 rings (SSSR count). The molecule has 19 heavy (non-hydrogen) atoms. The molecule has 2 N–H and O–H groups in total. The van der Waals surface area contributed by atoms with Crippen molar-refractivity contribution >= 4 is 15.8 Å². The molecule has 112 valence electrons. The summed E-state index contributed by atoms with van der Waals surface area (Å²) in [6.45, 7) is 4.86. The molecule has 1 aliphatic rings. The molecular formula is C12H24N2O4S. The van der Waals surface area contributed by atoms with E-state index in [1.54, 1.807) is 14.0 Å². The minimum atomic E-state index is -2.88. The van der Waals surface area contributed by atoms with E-state index in [9.17, 15) is 13.2 Å². The monoisotopic (exact) mass is 292 g/mol. The van der Waals surface area contributed by atoms with E-state index in [0.29, 0.717) is 13.0 Å². The molecule has 2 unspecified atom stereocenters. The summed E-state index contributed by atoms with van der Waals surface area (Å²) in [5, 5.41) is 12.0. The zero-order valence-electron chi connectivity index (χ0n) is 11.8. The van der Waals surface area contributed by atoms with Crippen molar-refractivity contribution in [1.29, 1.82) is 0 Å². The number of carboxylic acids is 1. The summed E-state index contributed by atoms with van der Waals surface area (Å²) in [6.07, 6.45) is 1.25. The average Bonchev–Trinajstić information content (AvgIpc) is 2.30. The highest BCUT2D eigenvalue weighted by Crippen LogP contribution is 2.16. The van der Waals surface area contributed by atoms with Gasteiger partial charge in [0.05, 0.1) is 11.5 Å². The van der Waals surface area contributed by atoms with Crippen molar-refractivity contribution in [2.75, 3.05) is 31.6 Å². The van der Waals surface area contributed by atoms with Gasteiger partial charge in [-0.3, -0.25) is 9.69 Å². The number of aliphatic carboxylic acids is 1. The first-order valence-electron chi connectivity index (χ1n) is 6.57. The molecule has 0 radical (unpaired) electrons. The van der Waals surface area contributed by atoms with Gasteiger partial charge in [0.25, 0.3) is 0 Å². The lowest BCUT2D eigenvalue weighted by atomic mass is 9.96. The number of carbonyl (C=O) groups is 1. The number of hydrogen-bond donors (Lipinski definition) is 2. The molecule has 0 aromatic carbocycles. The highest BCUT2D eigenvalue weighted by Gasteiger charge is 2.32. The highest BCUT2D eigenvalue weighted by atomic mass is 32.2. The molecule has 6 nitrogen and oxygen atoms in total. The number of nitrogens with zero attached hydrogens (tertiary/aromatic N) is 1. The molecule has 0 amide bonds. The van der Waals surface area contributed by atoms with Crippen molar-refractivity contribution in [1.82, 2.24) is 10.2 Å². The van der Waals surface area contributed by atoms with Crippen LogP contribution in [0.1, 0.15) is 26.7 Å². The van der Waals surface area contributed by atoms with Gasteiger partial charge in [0.2, 0.25) is 0 Å². The number of nitrogens with one attached hydrogen (secondary N) is 1. The molecule has 0 saturated carbocycles. The maximum Gasteiger partial charge on any atom is 0.323 e. The van der Waals surface area contributed by atoms with E-state index in [2.05, 4.69) is 10.2 Å². The summed E-state index contributed by atoms with van der Waals surface area (Å²) in [5.41, 5.74) is -0.912. The van der Waals surface area contributed by atoms with Crippen LogP contribution in [0.2, 0.25) is 0 Å². The molecular weight excluding hydrogens is 268 g/mol. The number of rotatable bonds is 6. The van der Waals surface area contributed by atoms with E-state index >= 15 is 0 Å². The standard InChI is InChI=1S/C12H24N2O4S/c1-10-9-19(17,18)8-7-14(10)6-4-5-12(2,13-3)11(15)16/h10,13H,4-9H2,1-3H3,(H,15,16). The van der Waals surface area contributed by atoms with Crippen LogP contribution in [-0.2, 0) is 14.6 Å². The molecule has 1 saturated heterocycles. The number of carboxylic acid groups (broad SMARTS) is 1. The number of sulfone groups is 1. The number of hydrogen-bond acceptors (Lipinski definition) is 5. The minimum Gasteiger partial charge on any atom is -0.480 e. The van der Waals surface area contributed by atoms with Gasteiger partial charge in [-0.1, -0.05) is 0 Å². The van der Waals surface area contributed by atoms with E-state index in [0.717, 1.165) is 13.0 Å². The van der Waals surface area contributed by atoms with E-state index in [1.807, 2.05) is 6.92 Å². The topological polar surface area (TPSA) is 86.7 Å². The van der Waals surface area contributed by atoms with E-state index in [1.165, 1.54) is 0 Å². The average molecular weight is 292 g/mol. The minimum absolute atomic E-state index is 0.0180. The van der Waals surface area contributed by atoms with Gasteiger partial charge in [-0.15, -0.1) is 0 Å². The summed E-state index contributed by atoms with van der Waals surface area (Å²) < 4.78 is 22.9. The second kappa shape index (κ2) is 6.19. The van der Waals surface area contributed by atoms with Gasteiger partial charge >= 0.3 is 5.97 Å². The van der Waals surface area contributed by atoms with Crippen LogP contribution in [-0.4, -0.2) is 67.6 Å². The van der Waals surface area contributed by atoms with Gasteiger partial charge in [0.15, 0.2) is 9.84 Å². The van der Waals surface area contributed by atoms with Gasteiger partial charge in [0.1, 0.15) is 5.54 Å². The Labute approximate surface area is 115 Å². The summed E-state index contributed by atoms with van der Waals surface area (Å²) in [7, 11) is -1.24. The summed E-state index contributed by atoms with van der Waals surface area (Å²) in [4.78, 5) is 13.3. The maximum absolute atomic E-state index is 11.5. The highest BCUT2D eigenvalue weighted by molar-refractivity contribution is 7.91. The SMILES string of the molecule is CNC(C)(CCCN1CCS(=O)(=O)CC1C)C(=O)O. The van der Waals surface area contributed by atoms with Gasteiger partial charge in [-0.25, -0.2) is 8.42 Å². The van der Waals surface area contributed by atoms with Gasteiger partial charge < -0.3 is 10.4 Å². The third kappa shape index (κ3) is 4.43. The Morgan fingerprint density at radius 2 is 2.16 bits per heavy atom. The predicted octanol–water partition coefficient (Wildman–Crippen LogP) is -0.0518. The Morgan fingerprint density at radius 1 is 1.53 bits per heavy atom. The fourth-order valence-corrected chi connectivity index (χ4v) is 3.96. The van der Waals surface area contributed by atoms with Crippen LogP contribution in [0, 0.1) is 0 Å². The molecule has 1 heterocycles. The lowest BCUT2D eigenvalue weighted by Gasteiger charge is -2.34. The summed E-state index contributed by atoms with van der Waals surface area (Å²) in [6, 6.07) is 0.0180. The first kappa shape index (κ1) is 16.4. The summed E-state index contributed by atoms with van der Waals surface area (Å²) >= 11 is 0. The normalized spacial score (nSPS) is 26.8. The van der Waals surface area contributed by atoms with E-state index < -0.39 is 21.3 Å². The van der Waals surface area contributed by atoms with Crippen LogP contribution in [0.3, 0.4) is 0 Å². The van der Waals surface area contributed by atoms with Crippen molar-refractivity contribution in [2.45, 2.75) is 38.3 Å². The Balaban J connectivity index is 2.44. The zero-order chi connectivity index (χ0) is 14.7. The molecule has 1 fully saturated rings. The third-order valence-electron chi connectivity index (χ3n) is 3.95. The summed E-state index contributed by atoms with van der Waals surface area (Å²) in [5.74, 6) is -0.446. The van der Waals surface area contributed by atoms with Crippen molar-refractivity contribution in [3.63, 3.8) is 0 Å². The Kier molecular flexibility index (Phi) is 5.34. The Morgan fingerprint density at radius 3 is 2.63 bits per heavy atom. The molecule has 0 bridgehead atoms. The Bertz CT molecular complexity index is 423. The first-order chi connectivity index (χ1) is 8.70. The van der Waals surface area contributed by atoms with Crippen molar-refractivity contribution in [3.8, 4) is 0 Å². The van der Waals surface area contributed by atoms with Gasteiger partial charge in [-0.2, -0.15) is 0 Å². The van der Waals surface area contributed by atoms with Crippen LogP contribution in [0.15, 0.2) is 0 Å². The maximum atomic E-state index is 11.5. The predicted molar refractivity (Wildman–Crippen MR) is 74.0 cm³/mol. The Hall–Kier alpha value is -0.660. The van der Waals surface area contributed by atoms with Crippen LogP contribution in [0.25, 0.3) is 0 Å². The molecule has 1 aliphatic heterocycles. The molecule has 0 aliphatic carbocycles. The molecule has 0 aromatic rings. The molecule has 2 atom stereocenters. The van der Waals surface area contributed by atoms with E-state index in [4.69, 9.17) is 5.11 Å². The van der Waals surface area contributed by atoms with Crippen LogP contribution < -0.4 is 5.32 Å². The van der Waals surface area contributed by atoms with Crippen molar-refractivity contribution < 1.29 is 18.3 Å². The molecule has 0 aromatic heterocycles. The van der Waals surface area contributed by atoms with Crippen LogP contribution >= 0.6 is 0 Å². The van der Waals surface area contributed by atoms with E-state index in [-0.39, 0.29) is 17.5 Å².